The molecule has 128 valence electrons. The Bertz CT molecular complexity index is 728. The molecule has 0 radical (unpaired) electrons. The van der Waals surface area contributed by atoms with Crippen molar-refractivity contribution < 1.29 is 4.79 Å². The van der Waals surface area contributed by atoms with Gasteiger partial charge in [-0.15, -0.1) is 11.8 Å². The van der Waals surface area contributed by atoms with Crippen LogP contribution in [-0.4, -0.2) is 40.1 Å². The van der Waals surface area contributed by atoms with Crippen LogP contribution in [0.15, 0.2) is 35.2 Å². The first-order chi connectivity index (χ1) is 11.6. The van der Waals surface area contributed by atoms with Gasteiger partial charge in [0.15, 0.2) is 0 Å². The summed E-state index contributed by atoms with van der Waals surface area (Å²) >= 11 is 1.71. The second-order valence-corrected chi connectivity index (χ2v) is 7.15. The molecule has 0 unspecified atom stereocenters. The molecule has 1 aliphatic rings. The van der Waals surface area contributed by atoms with Gasteiger partial charge in [-0.3, -0.25) is 4.68 Å². The van der Waals surface area contributed by atoms with Crippen LogP contribution < -0.4 is 5.32 Å². The second-order valence-electron chi connectivity index (χ2n) is 6.27. The first-order valence-corrected chi connectivity index (χ1v) is 9.48. The van der Waals surface area contributed by atoms with Gasteiger partial charge < -0.3 is 10.2 Å². The molecular formula is C18H24N4OS. The van der Waals surface area contributed by atoms with Crippen molar-refractivity contribution in [2.45, 2.75) is 37.8 Å². The smallest absolute Gasteiger partial charge is 0.317 e. The highest BCUT2D eigenvalue weighted by Gasteiger charge is 2.28. The molecule has 1 aliphatic heterocycles. The predicted octanol–water partition coefficient (Wildman–Crippen LogP) is 3.38. The van der Waals surface area contributed by atoms with Crippen molar-refractivity contribution in [1.82, 2.24) is 20.0 Å². The number of carbonyl (C=O) groups excluding carboxylic acids is 1. The van der Waals surface area contributed by atoms with Gasteiger partial charge in [-0.25, -0.2) is 4.79 Å². The molecule has 5 nitrogen and oxygen atoms in total. The molecule has 0 aliphatic carbocycles. The van der Waals surface area contributed by atoms with Crippen LogP contribution in [0.25, 0.3) is 0 Å². The van der Waals surface area contributed by atoms with Gasteiger partial charge in [0.05, 0.1) is 11.7 Å². The summed E-state index contributed by atoms with van der Waals surface area (Å²) in [5.74, 6) is 0. The molecule has 2 amide bonds. The molecular weight excluding hydrogens is 320 g/mol. The molecule has 1 N–H and O–H groups in total. The second kappa shape index (κ2) is 7.30. The lowest BCUT2D eigenvalue weighted by Crippen LogP contribution is -2.38. The maximum Gasteiger partial charge on any atom is 0.317 e. The quantitative estimate of drug-likeness (QED) is 0.865. The van der Waals surface area contributed by atoms with Gasteiger partial charge in [0.2, 0.25) is 0 Å². The highest BCUT2D eigenvalue weighted by molar-refractivity contribution is 7.98. The standard InChI is InChI=1S/C18H24N4OS/c1-13-9-14(2)22(20-13)16-7-8-21(12-16)18(23)19-11-15-5-4-6-17(10-15)24-3/h4-6,9-10,16H,7-8,11-12H2,1-3H3,(H,19,23)/t16-/m1/s1. The minimum Gasteiger partial charge on any atom is -0.334 e. The lowest BCUT2D eigenvalue weighted by molar-refractivity contribution is 0.206. The van der Waals surface area contributed by atoms with Gasteiger partial charge in [-0.2, -0.15) is 5.10 Å². The number of aryl methyl sites for hydroxylation is 2. The summed E-state index contributed by atoms with van der Waals surface area (Å²) in [6, 6.07) is 10.6. The third-order valence-electron chi connectivity index (χ3n) is 4.42. The largest absolute Gasteiger partial charge is 0.334 e. The Morgan fingerprint density at radius 1 is 1.38 bits per heavy atom. The first kappa shape index (κ1) is 16.9. The van der Waals surface area contributed by atoms with E-state index in [1.165, 1.54) is 4.90 Å². The Morgan fingerprint density at radius 3 is 2.92 bits per heavy atom. The van der Waals surface area contributed by atoms with Crippen LogP contribution in [0.3, 0.4) is 0 Å². The van der Waals surface area contributed by atoms with Crippen molar-refractivity contribution in [3.05, 3.63) is 47.3 Å². The van der Waals surface area contributed by atoms with E-state index in [-0.39, 0.29) is 12.1 Å². The van der Waals surface area contributed by atoms with E-state index in [1.54, 1.807) is 11.8 Å². The molecule has 1 aromatic carbocycles. The summed E-state index contributed by atoms with van der Waals surface area (Å²) in [5, 5.41) is 7.59. The summed E-state index contributed by atoms with van der Waals surface area (Å²) in [7, 11) is 0. The highest BCUT2D eigenvalue weighted by atomic mass is 32.2. The molecule has 2 heterocycles. The van der Waals surface area contributed by atoms with Gasteiger partial charge in [-0.1, -0.05) is 12.1 Å². The van der Waals surface area contributed by atoms with Gasteiger partial charge in [-0.05, 0) is 50.3 Å². The molecule has 3 rings (SSSR count). The normalized spacial score (nSPS) is 17.3. The maximum absolute atomic E-state index is 12.4. The van der Waals surface area contributed by atoms with Crippen molar-refractivity contribution in [3.63, 3.8) is 0 Å². The van der Waals surface area contributed by atoms with E-state index in [2.05, 4.69) is 46.5 Å². The Kier molecular flexibility index (Phi) is 5.14. The molecule has 6 heteroatoms. The van der Waals surface area contributed by atoms with Crippen LogP contribution in [0.4, 0.5) is 4.79 Å². The number of hydrogen-bond acceptors (Lipinski definition) is 3. The average molecular weight is 344 g/mol. The Labute approximate surface area is 147 Å². The number of thioether (sulfide) groups is 1. The van der Waals surface area contributed by atoms with E-state index < -0.39 is 0 Å². The zero-order valence-electron chi connectivity index (χ0n) is 14.5. The number of aromatic nitrogens is 2. The topological polar surface area (TPSA) is 50.2 Å². The Hall–Kier alpha value is -1.95. The number of urea groups is 1. The maximum atomic E-state index is 12.4. The van der Waals surface area contributed by atoms with Crippen LogP contribution >= 0.6 is 11.8 Å². The summed E-state index contributed by atoms with van der Waals surface area (Å²) < 4.78 is 2.06. The third-order valence-corrected chi connectivity index (χ3v) is 5.14. The molecule has 1 aromatic heterocycles. The lowest BCUT2D eigenvalue weighted by atomic mass is 10.2. The van der Waals surface area contributed by atoms with Crippen molar-refractivity contribution in [1.29, 1.82) is 0 Å². The third kappa shape index (κ3) is 3.75. The number of hydrogen-bond donors (Lipinski definition) is 1. The number of carbonyl (C=O) groups is 1. The molecule has 1 atom stereocenters. The van der Waals surface area contributed by atoms with E-state index in [9.17, 15) is 4.79 Å². The highest BCUT2D eigenvalue weighted by Crippen LogP contribution is 2.23. The number of nitrogens with zero attached hydrogens (tertiary/aromatic N) is 3. The zero-order valence-corrected chi connectivity index (χ0v) is 15.3. The van der Waals surface area contributed by atoms with Crippen LogP contribution in [0, 0.1) is 13.8 Å². The average Bonchev–Trinajstić information content (AvgIpc) is 3.19. The zero-order chi connectivity index (χ0) is 17.1. The summed E-state index contributed by atoms with van der Waals surface area (Å²) in [4.78, 5) is 15.5. The lowest BCUT2D eigenvalue weighted by Gasteiger charge is -2.18. The fraction of sp³-hybridized carbons (Fsp3) is 0.444. The van der Waals surface area contributed by atoms with Crippen LogP contribution in [0.2, 0.25) is 0 Å². The summed E-state index contributed by atoms with van der Waals surface area (Å²) in [6.07, 6.45) is 3.01. The SMILES string of the molecule is CSc1cccc(CNC(=O)N2CC[C@@H](n3nc(C)cc3C)C2)c1. The number of rotatable bonds is 4. The molecule has 1 fully saturated rings. The van der Waals surface area contributed by atoms with Crippen LogP contribution in [0.1, 0.15) is 29.4 Å². The molecule has 24 heavy (non-hydrogen) atoms. The monoisotopic (exact) mass is 344 g/mol. The van der Waals surface area contributed by atoms with Crippen molar-refractivity contribution >= 4 is 17.8 Å². The van der Waals surface area contributed by atoms with Crippen LogP contribution in [-0.2, 0) is 6.54 Å². The summed E-state index contributed by atoms with van der Waals surface area (Å²) in [5.41, 5.74) is 3.32. The van der Waals surface area contributed by atoms with E-state index >= 15 is 0 Å². The Morgan fingerprint density at radius 2 is 2.21 bits per heavy atom. The first-order valence-electron chi connectivity index (χ1n) is 8.25. The number of benzene rings is 1. The number of amides is 2. The van der Waals surface area contributed by atoms with Crippen molar-refractivity contribution in [2.75, 3.05) is 19.3 Å². The van der Waals surface area contributed by atoms with Crippen LogP contribution in [0.5, 0.6) is 0 Å². The van der Waals surface area contributed by atoms with Gasteiger partial charge in [0, 0.05) is 30.2 Å². The fourth-order valence-electron chi connectivity index (χ4n) is 3.21. The molecule has 0 saturated carbocycles. The predicted molar refractivity (Wildman–Crippen MR) is 97.4 cm³/mol. The van der Waals surface area contributed by atoms with Gasteiger partial charge in [0.25, 0.3) is 0 Å². The van der Waals surface area contributed by atoms with E-state index in [1.807, 2.05) is 24.0 Å². The van der Waals surface area contributed by atoms with Gasteiger partial charge in [0.1, 0.15) is 0 Å². The molecule has 2 aromatic rings. The minimum absolute atomic E-state index is 0.00795. The molecule has 0 spiro atoms. The number of likely N-dealkylation sites (tertiary alicyclic amines) is 1. The minimum atomic E-state index is 0.00795. The van der Waals surface area contributed by atoms with Gasteiger partial charge >= 0.3 is 6.03 Å². The van der Waals surface area contributed by atoms with Crippen molar-refractivity contribution in [3.8, 4) is 0 Å². The Balaban J connectivity index is 1.55. The van der Waals surface area contributed by atoms with E-state index in [0.717, 1.165) is 36.5 Å². The summed E-state index contributed by atoms with van der Waals surface area (Å²) in [6.45, 7) is 6.14. The van der Waals surface area contributed by atoms with E-state index in [0.29, 0.717) is 6.54 Å². The molecule has 1 saturated heterocycles. The number of nitrogens with one attached hydrogen (secondary N) is 1. The van der Waals surface area contributed by atoms with E-state index in [4.69, 9.17) is 0 Å². The fourth-order valence-corrected chi connectivity index (χ4v) is 3.70. The molecule has 0 bridgehead atoms. The van der Waals surface area contributed by atoms with Crippen molar-refractivity contribution in [2.24, 2.45) is 0 Å².